The molecular weight excluding hydrogens is 309 g/mol. The Morgan fingerprint density at radius 3 is 2.75 bits per heavy atom. The first-order valence-corrected chi connectivity index (χ1v) is 7.30. The number of aliphatic hydroxyl groups is 1. The summed E-state index contributed by atoms with van der Waals surface area (Å²) in [5.74, 6) is -1.03. The molecule has 108 valence electrons. The van der Waals surface area contributed by atoms with E-state index in [0.717, 1.165) is 6.07 Å². The predicted molar refractivity (Wildman–Crippen MR) is 71.3 cm³/mol. The van der Waals surface area contributed by atoms with Gasteiger partial charge in [-0.2, -0.15) is 5.10 Å². The molecule has 1 aromatic heterocycles. The maximum atomic E-state index is 14.0. The highest BCUT2D eigenvalue weighted by Gasteiger charge is 2.23. The summed E-state index contributed by atoms with van der Waals surface area (Å²) in [6, 6.07) is 2.15. The van der Waals surface area contributed by atoms with Gasteiger partial charge in [0.05, 0.1) is 18.5 Å². The molecule has 0 fully saturated rings. The van der Waals surface area contributed by atoms with Crippen LogP contribution in [-0.2, 0) is 23.7 Å². The third-order valence-electron chi connectivity index (χ3n) is 2.50. The van der Waals surface area contributed by atoms with Crippen molar-refractivity contribution in [1.82, 2.24) is 9.78 Å². The molecule has 0 atom stereocenters. The van der Waals surface area contributed by atoms with Gasteiger partial charge in [0.2, 0.25) is 0 Å². The van der Waals surface area contributed by atoms with Crippen LogP contribution in [0.4, 0.5) is 10.1 Å². The molecule has 0 aliphatic rings. The van der Waals surface area contributed by atoms with Crippen molar-refractivity contribution in [2.24, 2.45) is 7.05 Å². The first kappa shape index (κ1) is 14.8. The lowest BCUT2D eigenvalue weighted by Gasteiger charge is -2.10. The van der Waals surface area contributed by atoms with Gasteiger partial charge in [-0.1, -0.05) is 11.6 Å². The maximum absolute atomic E-state index is 14.0. The van der Waals surface area contributed by atoms with Crippen molar-refractivity contribution in [2.75, 3.05) is 4.72 Å². The quantitative estimate of drug-likeness (QED) is 0.894. The molecule has 9 heteroatoms. The molecular formula is C11H11ClFN3O3S. The van der Waals surface area contributed by atoms with Gasteiger partial charge < -0.3 is 5.11 Å². The van der Waals surface area contributed by atoms with Gasteiger partial charge >= 0.3 is 0 Å². The number of nitrogens with one attached hydrogen (secondary N) is 1. The van der Waals surface area contributed by atoms with E-state index in [1.807, 2.05) is 0 Å². The first-order chi connectivity index (χ1) is 9.33. The Labute approximate surface area is 119 Å². The lowest BCUT2D eigenvalue weighted by molar-refractivity contribution is 0.274. The lowest BCUT2D eigenvalue weighted by atomic mass is 10.2. The minimum atomic E-state index is -4.16. The van der Waals surface area contributed by atoms with Crippen LogP contribution in [-0.4, -0.2) is 23.3 Å². The van der Waals surface area contributed by atoms with Crippen LogP contribution in [0, 0.1) is 5.82 Å². The molecule has 0 radical (unpaired) electrons. The van der Waals surface area contributed by atoms with E-state index in [1.54, 1.807) is 7.05 Å². The zero-order valence-electron chi connectivity index (χ0n) is 10.3. The van der Waals surface area contributed by atoms with Crippen molar-refractivity contribution in [3.63, 3.8) is 0 Å². The Kier molecular flexibility index (Phi) is 3.98. The zero-order chi connectivity index (χ0) is 14.9. The Bertz CT molecular complexity index is 745. The monoisotopic (exact) mass is 319 g/mol. The van der Waals surface area contributed by atoms with E-state index in [0.29, 0.717) is 0 Å². The van der Waals surface area contributed by atoms with Crippen LogP contribution in [0.2, 0.25) is 5.02 Å². The first-order valence-electron chi connectivity index (χ1n) is 5.43. The van der Waals surface area contributed by atoms with Crippen LogP contribution in [0.15, 0.2) is 29.4 Å². The SMILES string of the molecule is Cn1cc(NS(=O)(=O)c2cc(Cl)cc(CO)c2F)cn1. The fraction of sp³-hybridized carbons (Fsp3) is 0.182. The van der Waals surface area contributed by atoms with Gasteiger partial charge in [-0.25, -0.2) is 12.8 Å². The fourth-order valence-electron chi connectivity index (χ4n) is 1.61. The number of rotatable bonds is 4. The van der Waals surface area contributed by atoms with Crippen molar-refractivity contribution in [3.8, 4) is 0 Å². The van der Waals surface area contributed by atoms with Crippen LogP contribution >= 0.6 is 11.6 Å². The minimum absolute atomic E-state index is 0.0158. The minimum Gasteiger partial charge on any atom is -0.392 e. The molecule has 1 heterocycles. The van der Waals surface area contributed by atoms with Crippen molar-refractivity contribution in [1.29, 1.82) is 0 Å². The molecule has 2 N–H and O–H groups in total. The highest BCUT2D eigenvalue weighted by atomic mass is 35.5. The predicted octanol–water partition coefficient (Wildman–Crippen LogP) is 1.51. The second-order valence-corrected chi connectivity index (χ2v) is 6.13. The summed E-state index contributed by atoms with van der Waals surface area (Å²) in [5, 5.41) is 12.8. The summed E-state index contributed by atoms with van der Waals surface area (Å²) in [6.07, 6.45) is 2.71. The highest BCUT2D eigenvalue weighted by molar-refractivity contribution is 7.92. The number of benzene rings is 1. The number of sulfonamides is 1. The smallest absolute Gasteiger partial charge is 0.264 e. The number of aryl methyl sites for hydroxylation is 1. The molecule has 1 aromatic carbocycles. The van der Waals surface area contributed by atoms with E-state index in [4.69, 9.17) is 16.7 Å². The fourth-order valence-corrected chi connectivity index (χ4v) is 3.09. The van der Waals surface area contributed by atoms with Gasteiger partial charge in [0.1, 0.15) is 10.7 Å². The van der Waals surface area contributed by atoms with Gasteiger partial charge in [-0.15, -0.1) is 0 Å². The molecule has 2 rings (SSSR count). The molecule has 0 aliphatic carbocycles. The van der Waals surface area contributed by atoms with Crippen LogP contribution in [0.3, 0.4) is 0 Å². The molecule has 6 nitrogen and oxygen atoms in total. The summed E-state index contributed by atoms with van der Waals surface area (Å²) >= 11 is 5.73. The van der Waals surface area contributed by atoms with E-state index in [2.05, 4.69) is 9.82 Å². The topological polar surface area (TPSA) is 84.2 Å². The number of hydrogen-bond acceptors (Lipinski definition) is 4. The van der Waals surface area contributed by atoms with Crippen LogP contribution < -0.4 is 4.72 Å². The second-order valence-electron chi connectivity index (χ2n) is 4.04. The third kappa shape index (κ3) is 2.92. The Balaban J connectivity index is 2.46. The maximum Gasteiger partial charge on any atom is 0.264 e. The van der Waals surface area contributed by atoms with E-state index in [9.17, 15) is 12.8 Å². The number of aliphatic hydroxyl groups excluding tert-OH is 1. The van der Waals surface area contributed by atoms with Gasteiger partial charge in [-0.05, 0) is 12.1 Å². The number of halogens is 2. The van der Waals surface area contributed by atoms with Crippen molar-refractivity contribution in [3.05, 3.63) is 40.9 Å². The van der Waals surface area contributed by atoms with Crippen LogP contribution in [0.1, 0.15) is 5.56 Å². The highest BCUT2D eigenvalue weighted by Crippen LogP contribution is 2.25. The Hall–Kier alpha value is -1.64. The molecule has 0 aliphatic heterocycles. The van der Waals surface area contributed by atoms with E-state index < -0.39 is 27.3 Å². The lowest BCUT2D eigenvalue weighted by Crippen LogP contribution is -2.15. The molecule has 0 bridgehead atoms. The van der Waals surface area contributed by atoms with Crippen molar-refractivity contribution in [2.45, 2.75) is 11.5 Å². The Morgan fingerprint density at radius 1 is 1.50 bits per heavy atom. The van der Waals surface area contributed by atoms with Crippen LogP contribution in [0.25, 0.3) is 0 Å². The second kappa shape index (κ2) is 5.39. The summed E-state index contributed by atoms with van der Waals surface area (Å²) in [6.45, 7) is -0.651. The molecule has 0 amide bonds. The number of nitrogens with zero attached hydrogens (tertiary/aromatic N) is 2. The third-order valence-corrected chi connectivity index (χ3v) is 4.10. The molecule has 0 unspecified atom stereocenters. The van der Waals surface area contributed by atoms with Crippen molar-refractivity contribution >= 4 is 27.3 Å². The standard InChI is InChI=1S/C11H11ClFN3O3S/c1-16-5-9(4-14-16)15-20(18,19)10-3-8(12)2-7(6-17)11(10)13/h2-5,15,17H,6H2,1H3. The van der Waals surface area contributed by atoms with E-state index in [1.165, 1.54) is 23.1 Å². The molecule has 0 saturated heterocycles. The molecule has 0 spiro atoms. The van der Waals surface area contributed by atoms with Gasteiger partial charge in [0.15, 0.2) is 0 Å². The van der Waals surface area contributed by atoms with E-state index in [-0.39, 0.29) is 16.3 Å². The molecule has 20 heavy (non-hydrogen) atoms. The van der Waals surface area contributed by atoms with E-state index >= 15 is 0 Å². The molecule has 2 aromatic rings. The normalized spacial score (nSPS) is 11.6. The number of hydrogen-bond donors (Lipinski definition) is 2. The Morgan fingerprint density at radius 2 is 2.20 bits per heavy atom. The van der Waals surface area contributed by atoms with Crippen molar-refractivity contribution < 1.29 is 17.9 Å². The number of anilines is 1. The zero-order valence-corrected chi connectivity index (χ0v) is 11.9. The van der Waals surface area contributed by atoms with Gasteiger partial charge in [0, 0.05) is 23.8 Å². The van der Waals surface area contributed by atoms with Crippen LogP contribution in [0.5, 0.6) is 0 Å². The average Bonchev–Trinajstić information content (AvgIpc) is 2.76. The number of aromatic nitrogens is 2. The largest absolute Gasteiger partial charge is 0.392 e. The summed E-state index contributed by atoms with van der Waals surface area (Å²) in [7, 11) is -2.55. The molecule has 0 saturated carbocycles. The summed E-state index contributed by atoms with van der Waals surface area (Å²) in [4.78, 5) is -0.627. The summed E-state index contributed by atoms with van der Waals surface area (Å²) in [5.41, 5.74) is 0.00138. The summed E-state index contributed by atoms with van der Waals surface area (Å²) < 4.78 is 41.8. The van der Waals surface area contributed by atoms with Gasteiger partial charge in [0.25, 0.3) is 10.0 Å². The average molecular weight is 320 g/mol. The van der Waals surface area contributed by atoms with Gasteiger partial charge in [-0.3, -0.25) is 9.40 Å².